The van der Waals surface area contributed by atoms with Crippen LogP contribution in [0.15, 0.2) is 0 Å². The summed E-state index contributed by atoms with van der Waals surface area (Å²) in [5.41, 5.74) is 0. The molecule has 2 N–H and O–H groups in total. The molecule has 2 amide bonds. The standard InChI is InChI=1S/C12H20N2O5/c1-2-13-10(15)4-3-5-11(16)14-6-7-19-9(8-14)12(17)18/h9H,2-8H2,1H3,(H,13,15)(H,17,18). The highest BCUT2D eigenvalue weighted by Gasteiger charge is 2.28. The van der Waals surface area contributed by atoms with Gasteiger partial charge in [0.2, 0.25) is 11.8 Å². The molecule has 7 heteroatoms. The first kappa shape index (κ1) is 15.4. The molecule has 0 aromatic rings. The number of morpholine rings is 1. The quantitative estimate of drug-likeness (QED) is 0.686. The summed E-state index contributed by atoms with van der Waals surface area (Å²) in [5, 5.41) is 11.5. The van der Waals surface area contributed by atoms with Crippen molar-refractivity contribution in [3.8, 4) is 0 Å². The van der Waals surface area contributed by atoms with E-state index in [-0.39, 0.29) is 31.4 Å². The Morgan fingerprint density at radius 3 is 2.74 bits per heavy atom. The maximum absolute atomic E-state index is 11.9. The minimum absolute atomic E-state index is 0.0688. The van der Waals surface area contributed by atoms with Gasteiger partial charge in [0, 0.05) is 25.9 Å². The molecule has 0 radical (unpaired) electrons. The molecular weight excluding hydrogens is 252 g/mol. The molecule has 1 aliphatic heterocycles. The zero-order valence-electron chi connectivity index (χ0n) is 11.1. The minimum Gasteiger partial charge on any atom is -0.479 e. The molecule has 108 valence electrons. The van der Waals surface area contributed by atoms with Crippen LogP contribution in [-0.2, 0) is 19.1 Å². The number of hydrogen-bond acceptors (Lipinski definition) is 4. The molecule has 7 nitrogen and oxygen atoms in total. The van der Waals surface area contributed by atoms with Crippen LogP contribution in [0.1, 0.15) is 26.2 Å². The van der Waals surface area contributed by atoms with E-state index in [1.807, 2.05) is 6.92 Å². The van der Waals surface area contributed by atoms with Crippen LogP contribution in [0.2, 0.25) is 0 Å². The number of amides is 2. The highest BCUT2D eigenvalue weighted by atomic mass is 16.5. The highest BCUT2D eigenvalue weighted by Crippen LogP contribution is 2.09. The Hall–Kier alpha value is -1.63. The molecule has 1 heterocycles. The second kappa shape index (κ2) is 7.73. The summed E-state index contributed by atoms with van der Waals surface area (Å²) in [6.07, 6.45) is 0.0938. The van der Waals surface area contributed by atoms with Gasteiger partial charge in [0.1, 0.15) is 0 Å². The average Bonchev–Trinajstić information content (AvgIpc) is 2.39. The van der Waals surface area contributed by atoms with Gasteiger partial charge in [-0.1, -0.05) is 0 Å². The summed E-state index contributed by atoms with van der Waals surface area (Å²) in [6, 6.07) is 0. The fourth-order valence-corrected chi connectivity index (χ4v) is 1.87. The summed E-state index contributed by atoms with van der Waals surface area (Å²) in [4.78, 5) is 35.3. The lowest BCUT2D eigenvalue weighted by Gasteiger charge is -2.30. The van der Waals surface area contributed by atoms with Gasteiger partial charge in [-0.15, -0.1) is 0 Å². The van der Waals surface area contributed by atoms with E-state index in [1.165, 1.54) is 4.90 Å². The smallest absolute Gasteiger partial charge is 0.334 e. The van der Waals surface area contributed by atoms with Gasteiger partial charge in [-0.3, -0.25) is 9.59 Å². The van der Waals surface area contributed by atoms with Crippen LogP contribution in [0, 0.1) is 0 Å². The van der Waals surface area contributed by atoms with Gasteiger partial charge in [-0.2, -0.15) is 0 Å². The molecule has 0 aromatic carbocycles. The first-order valence-corrected chi connectivity index (χ1v) is 6.43. The third kappa shape index (κ3) is 5.25. The van der Waals surface area contributed by atoms with Crippen LogP contribution in [0.4, 0.5) is 0 Å². The van der Waals surface area contributed by atoms with E-state index < -0.39 is 12.1 Å². The fourth-order valence-electron chi connectivity index (χ4n) is 1.87. The molecule has 19 heavy (non-hydrogen) atoms. The third-order valence-electron chi connectivity index (χ3n) is 2.86. The molecule has 0 aliphatic carbocycles. The maximum Gasteiger partial charge on any atom is 0.334 e. The molecule has 1 unspecified atom stereocenters. The van der Waals surface area contributed by atoms with Crippen LogP contribution in [-0.4, -0.2) is 60.1 Å². The number of carboxylic acids is 1. The molecule has 0 spiro atoms. The van der Waals surface area contributed by atoms with Crippen molar-refractivity contribution in [3.63, 3.8) is 0 Å². The predicted octanol–water partition coefficient (Wildman–Crippen LogP) is -0.395. The van der Waals surface area contributed by atoms with E-state index >= 15 is 0 Å². The molecular formula is C12H20N2O5. The van der Waals surface area contributed by atoms with Crippen molar-refractivity contribution < 1.29 is 24.2 Å². The van der Waals surface area contributed by atoms with Crippen LogP contribution in [0.5, 0.6) is 0 Å². The van der Waals surface area contributed by atoms with Crippen molar-refractivity contribution >= 4 is 17.8 Å². The summed E-state index contributed by atoms with van der Waals surface area (Å²) in [7, 11) is 0. The highest BCUT2D eigenvalue weighted by molar-refractivity contribution is 5.80. The van der Waals surface area contributed by atoms with Gasteiger partial charge in [0.25, 0.3) is 0 Å². The second-order valence-electron chi connectivity index (χ2n) is 4.34. The lowest BCUT2D eigenvalue weighted by atomic mass is 10.2. The number of carbonyl (C=O) groups excluding carboxylic acids is 2. The lowest BCUT2D eigenvalue weighted by molar-refractivity contribution is -0.159. The molecule has 0 saturated carbocycles. The Labute approximate surface area is 111 Å². The molecule has 1 rings (SSSR count). The van der Waals surface area contributed by atoms with E-state index in [9.17, 15) is 14.4 Å². The molecule has 1 fully saturated rings. The van der Waals surface area contributed by atoms with Crippen LogP contribution >= 0.6 is 0 Å². The molecule has 1 aliphatic rings. The first-order valence-electron chi connectivity index (χ1n) is 6.43. The molecule has 1 atom stereocenters. The zero-order chi connectivity index (χ0) is 14.3. The van der Waals surface area contributed by atoms with Crippen molar-refractivity contribution in [2.45, 2.75) is 32.3 Å². The Morgan fingerprint density at radius 1 is 1.37 bits per heavy atom. The van der Waals surface area contributed by atoms with E-state index in [4.69, 9.17) is 9.84 Å². The van der Waals surface area contributed by atoms with E-state index in [0.717, 1.165) is 0 Å². The second-order valence-corrected chi connectivity index (χ2v) is 4.34. The first-order chi connectivity index (χ1) is 9.04. The summed E-state index contributed by atoms with van der Waals surface area (Å²) in [6.45, 7) is 3.14. The molecule has 0 bridgehead atoms. The largest absolute Gasteiger partial charge is 0.479 e. The van der Waals surface area contributed by atoms with Gasteiger partial charge in [0.15, 0.2) is 6.10 Å². The van der Waals surface area contributed by atoms with E-state index in [1.54, 1.807) is 0 Å². The van der Waals surface area contributed by atoms with Crippen LogP contribution in [0.25, 0.3) is 0 Å². The Kier molecular flexibility index (Phi) is 6.27. The minimum atomic E-state index is -1.06. The normalized spacial score (nSPS) is 19.0. The Balaban J connectivity index is 2.29. The number of hydrogen-bond donors (Lipinski definition) is 2. The predicted molar refractivity (Wildman–Crippen MR) is 66.5 cm³/mol. The number of ether oxygens (including phenoxy) is 1. The maximum atomic E-state index is 11.9. The lowest BCUT2D eigenvalue weighted by Crippen LogP contribution is -2.48. The van der Waals surface area contributed by atoms with Crippen molar-refractivity contribution in [1.82, 2.24) is 10.2 Å². The van der Waals surface area contributed by atoms with Gasteiger partial charge >= 0.3 is 5.97 Å². The zero-order valence-corrected chi connectivity index (χ0v) is 11.1. The van der Waals surface area contributed by atoms with Crippen molar-refractivity contribution in [3.05, 3.63) is 0 Å². The van der Waals surface area contributed by atoms with Gasteiger partial charge in [0.05, 0.1) is 13.2 Å². The number of rotatable bonds is 6. The van der Waals surface area contributed by atoms with Crippen molar-refractivity contribution in [2.24, 2.45) is 0 Å². The molecule has 0 aromatic heterocycles. The van der Waals surface area contributed by atoms with Crippen molar-refractivity contribution in [1.29, 1.82) is 0 Å². The average molecular weight is 272 g/mol. The van der Waals surface area contributed by atoms with Crippen LogP contribution < -0.4 is 5.32 Å². The SMILES string of the molecule is CCNC(=O)CCCC(=O)N1CCOC(C(=O)O)C1. The number of aliphatic carboxylic acids is 1. The number of carboxylic acid groups (broad SMARTS) is 1. The van der Waals surface area contributed by atoms with Gasteiger partial charge in [-0.25, -0.2) is 4.79 Å². The third-order valence-corrected chi connectivity index (χ3v) is 2.86. The van der Waals surface area contributed by atoms with Gasteiger partial charge < -0.3 is 20.1 Å². The summed E-state index contributed by atoms with van der Waals surface area (Å²) < 4.78 is 5.04. The number of carbonyl (C=O) groups is 3. The van der Waals surface area contributed by atoms with Crippen LogP contribution in [0.3, 0.4) is 0 Å². The number of nitrogens with zero attached hydrogens (tertiary/aromatic N) is 1. The number of nitrogens with one attached hydrogen (secondary N) is 1. The monoisotopic (exact) mass is 272 g/mol. The molecule has 1 saturated heterocycles. The fraction of sp³-hybridized carbons (Fsp3) is 0.750. The summed E-state index contributed by atoms with van der Waals surface area (Å²) >= 11 is 0. The Morgan fingerprint density at radius 2 is 2.11 bits per heavy atom. The van der Waals surface area contributed by atoms with Gasteiger partial charge in [-0.05, 0) is 13.3 Å². The Bertz CT molecular complexity index is 345. The van der Waals surface area contributed by atoms with E-state index in [0.29, 0.717) is 25.9 Å². The van der Waals surface area contributed by atoms with Crippen molar-refractivity contribution in [2.75, 3.05) is 26.2 Å². The van der Waals surface area contributed by atoms with E-state index in [2.05, 4.69) is 5.32 Å². The summed E-state index contributed by atoms with van der Waals surface area (Å²) in [5.74, 6) is -1.25. The topological polar surface area (TPSA) is 95.9 Å².